The van der Waals surface area contributed by atoms with Crippen molar-refractivity contribution in [3.05, 3.63) is 4.88 Å². The van der Waals surface area contributed by atoms with E-state index in [0.717, 1.165) is 24.5 Å². The van der Waals surface area contributed by atoms with E-state index in [1.54, 1.807) is 7.11 Å². The van der Waals surface area contributed by atoms with Gasteiger partial charge < -0.3 is 20.7 Å². The molecule has 0 radical (unpaired) electrons. The normalized spacial score (nSPS) is 10.8. The molecule has 0 saturated heterocycles. The summed E-state index contributed by atoms with van der Waals surface area (Å²) in [5.74, 6) is 0.582. The van der Waals surface area contributed by atoms with Crippen LogP contribution in [0.2, 0.25) is 0 Å². The van der Waals surface area contributed by atoms with Crippen LogP contribution in [0.3, 0.4) is 0 Å². The van der Waals surface area contributed by atoms with Crippen LogP contribution >= 0.6 is 11.3 Å². The third-order valence-corrected chi connectivity index (χ3v) is 4.11. The summed E-state index contributed by atoms with van der Waals surface area (Å²) in [5, 5.41) is 13.1. The number of nitriles is 1. The molecule has 1 aromatic rings. The van der Waals surface area contributed by atoms with Crippen molar-refractivity contribution in [2.75, 3.05) is 38.3 Å². The van der Waals surface area contributed by atoms with E-state index >= 15 is 0 Å². The first kappa shape index (κ1) is 15.6. The van der Waals surface area contributed by atoms with Crippen molar-refractivity contribution in [1.29, 1.82) is 5.26 Å². The van der Waals surface area contributed by atoms with Crippen molar-refractivity contribution >= 4 is 22.0 Å². The van der Waals surface area contributed by atoms with Gasteiger partial charge in [-0.3, -0.25) is 0 Å². The molecule has 0 bridgehead atoms. The van der Waals surface area contributed by atoms with Gasteiger partial charge in [0, 0.05) is 12.6 Å². The van der Waals surface area contributed by atoms with Crippen LogP contribution in [0.15, 0.2) is 0 Å². The van der Waals surface area contributed by atoms with E-state index in [9.17, 15) is 0 Å². The van der Waals surface area contributed by atoms with Gasteiger partial charge in [0.1, 0.15) is 21.6 Å². The molecule has 0 unspecified atom stereocenters. The number of nitrogen functional groups attached to an aromatic ring is 1. The monoisotopic (exact) mass is 282 g/mol. The molecule has 0 saturated carbocycles. The van der Waals surface area contributed by atoms with Crippen LogP contribution in [0.1, 0.15) is 25.1 Å². The summed E-state index contributed by atoms with van der Waals surface area (Å²) < 4.78 is 5.24. The van der Waals surface area contributed by atoms with Crippen LogP contribution in [-0.2, 0) is 0 Å². The van der Waals surface area contributed by atoms with Gasteiger partial charge in [-0.05, 0) is 33.9 Å². The van der Waals surface area contributed by atoms with Gasteiger partial charge in [-0.15, -0.1) is 11.3 Å². The molecule has 1 aromatic heterocycles. The number of anilines is 2. The highest BCUT2D eigenvalue weighted by Crippen LogP contribution is 2.41. The summed E-state index contributed by atoms with van der Waals surface area (Å²) in [6.45, 7) is 6.21. The van der Waals surface area contributed by atoms with Crippen LogP contribution in [0.4, 0.5) is 10.7 Å². The van der Waals surface area contributed by atoms with E-state index in [-0.39, 0.29) is 0 Å². The maximum atomic E-state index is 8.95. The zero-order valence-electron chi connectivity index (χ0n) is 12.0. The van der Waals surface area contributed by atoms with E-state index in [4.69, 9.17) is 15.7 Å². The first-order valence-electron chi connectivity index (χ1n) is 6.31. The van der Waals surface area contributed by atoms with Crippen molar-refractivity contribution in [2.24, 2.45) is 0 Å². The summed E-state index contributed by atoms with van der Waals surface area (Å²) in [7, 11) is 3.68. The van der Waals surface area contributed by atoms with Gasteiger partial charge in [0.15, 0.2) is 5.75 Å². The lowest BCUT2D eigenvalue weighted by molar-refractivity contribution is 0.273. The van der Waals surface area contributed by atoms with Gasteiger partial charge in [0.2, 0.25) is 0 Å². The SMILES string of the molecule is COc1c(NCCCN(C)C(C)C)sc(C#N)c1N. The predicted octanol–water partition coefficient (Wildman–Crippen LogP) is 2.35. The Bertz CT molecular complexity index is 450. The van der Waals surface area contributed by atoms with Crippen LogP contribution in [0, 0.1) is 11.3 Å². The standard InChI is InChI=1S/C13H22N4OS/c1-9(2)17(3)7-5-6-16-13-12(18-4)11(15)10(8-14)19-13/h9,16H,5-7,15H2,1-4H3. The highest BCUT2D eigenvalue weighted by Gasteiger charge is 2.16. The molecule has 0 atom stereocenters. The fourth-order valence-corrected chi connectivity index (χ4v) is 2.53. The Morgan fingerprint density at radius 3 is 2.74 bits per heavy atom. The maximum Gasteiger partial charge on any atom is 0.177 e. The molecule has 6 heteroatoms. The van der Waals surface area contributed by atoms with E-state index in [2.05, 4.69) is 37.2 Å². The molecule has 1 rings (SSSR count). The van der Waals surface area contributed by atoms with Gasteiger partial charge in [-0.25, -0.2) is 0 Å². The molecule has 1 heterocycles. The average molecular weight is 282 g/mol. The highest BCUT2D eigenvalue weighted by molar-refractivity contribution is 7.17. The number of hydrogen-bond donors (Lipinski definition) is 2. The number of methoxy groups -OCH3 is 1. The minimum absolute atomic E-state index is 0.428. The van der Waals surface area contributed by atoms with Crippen molar-refractivity contribution in [2.45, 2.75) is 26.3 Å². The van der Waals surface area contributed by atoms with Crippen LogP contribution in [0.25, 0.3) is 0 Å². The molecule has 0 aromatic carbocycles. The second-order valence-corrected chi connectivity index (χ2v) is 5.69. The zero-order chi connectivity index (χ0) is 14.4. The summed E-state index contributed by atoms with van der Waals surface area (Å²) in [4.78, 5) is 2.79. The largest absolute Gasteiger partial charge is 0.492 e. The van der Waals surface area contributed by atoms with Crippen molar-refractivity contribution in [1.82, 2.24) is 4.90 Å². The molecular formula is C13H22N4OS. The molecule has 5 nitrogen and oxygen atoms in total. The number of nitrogens with zero attached hydrogens (tertiary/aromatic N) is 2. The Kier molecular flexibility index (Phi) is 5.93. The fraction of sp³-hybridized carbons (Fsp3) is 0.615. The van der Waals surface area contributed by atoms with Gasteiger partial charge in [-0.1, -0.05) is 0 Å². The average Bonchev–Trinajstić information content (AvgIpc) is 2.69. The van der Waals surface area contributed by atoms with Gasteiger partial charge in [0.25, 0.3) is 0 Å². The molecule has 0 spiro atoms. The summed E-state index contributed by atoms with van der Waals surface area (Å²) in [5.41, 5.74) is 6.26. The molecule has 0 amide bonds. The smallest absolute Gasteiger partial charge is 0.177 e. The minimum Gasteiger partial charge on any atom is -0.492 e. The number of ether oxygens (including phenoxy) is 1. The van der Waals surface area contributed by atoms with Gasteiger partial charge in [-0.2, -0.15) is 5.26 Å². The van der Waals surface area contributed by atoms with E-state index < -0.39 is 0 Å². The predicted molar refractivity (Wildman–Crippen MR) is 80.9 cm³/mol. The second-order valence-electron chi connectivity index (χ2n) is 4.67. The second kappa shape index (κ2) is 7.22. The van der Waals surface area contributed by atoms with E-state index in [1.165, 1.54) is 11.3 Å². The first-order chi connectivity index (χ1) is 9.01. The third-order valence-electron chi connectivity index (χ3n) is 3.06. The lowest BCUT2D eigenvalue weighted by Gasteiger charge is -2.20. The molecule has 0 aliphatic heterocycles. The maximum absolute atomic E-state index is 8.95. The molecule has 0 aliphatic rings. The number of nitrogens with one attached hydrogen (secondary N) is 1. The highest BCUT2D eigenvalue weighted by atomic mass is 32.1. The Labute approximate surface area is 119 Å². The van der Waals surface area contributed by atoms with Gasteiger partial charge >= 0.3 is 0 Å². The molecule has 0 fully saturated rings. The Morgan fingerprint density at radius 1 is 1.53 bits per heavy atom. The molecule has 19 heavy (non-hydrogen) atoms. The summed E-state index contributed by atoms with van der Waals surface area (Å²) in [6, 6.07) is 2.63. The Morgan fingerprint density at radius 2 is 2.21 bits per heavy atom. The Hall–Kier alpha value is -1.45. The summed E-state index contributed by atoms with van der Waals surface area (Å²) >= 11 is 1.34. The number of nitrogens with two attached hydrogens (primary N) is 1. The fourth-order valence-electron chi connectivity index (χ4n) is 1.62. The zero-order valence-corrected chi connectivity index (χ0v) is 12.8. The molecule has 106 valence electrons. The number of thiophene rings is 1. The van der Waals surface area contributed by atoms with Crippen molar-refractivity contribution in [3.8, 4) is 11.8 Å². The first-order valence-corrected chi connectivity index (χ1v) is 7.13. The van der Waals surface area contributed by atoms with E-state index in [0.29, 0.717) is 22.4 Å². The van der Waals surface area contributed by atoms with Crippen molar-refractivity contribution in [3.63, 3.8) is 0 Å². The third kappa shape index (κ3) is 4.01. The lowest BCUT2D eigenvalue weighted by Crippen LogP contribution is -2.28. The van der Waals surface area contributed by atoms with E-state index in [1.807, 2.05) is 0 Å². The van der Waals surface area contributed by atoms with Crippen LogP contribution in [0.5, 0.6) is 5.75 Å². The lowest BCUT2D eigenvalue weighted by atomic mass is 10.3. The van der Waals surface area contributed by atoms with Crippen molar-refractivity contribution < 1.29 is 4.74 Å². The molecule has 3 N–H and O–H groups in total. The molecule has 0 aliphatic carbocycles. The van der Waals surface area contributed by atoms with Crippen LogP contribution in [-0.4, -0.2) is 38.2 Å². The van der Waals surface area contributed by atoms with Crippen LogP contribution < -0.4 is 15.8 Å². The minimum atomic E-state index is 0.428. The Balaban J connectivity index is 2.52. The number of rotatable bonds is 7. The molecular weight excluding hydrogens is 260 g/mol. The van der Waals surface area contributed by atoms with Gasteiger partial charge in [0.05, 0.1) is 7.11 Å². The summed E-state index contributed by atoms with van der Waals surface area (Å²) in [6.07, 6.45) is 1.03. The number of hydrogen-bond acceptors (Lipinski definition) is 6. The topological polar surface area (TPSA) is 74.3 Å². The quantitative estimate of drug-likeness (QED) is 0.751.